The number of aryl methyl sites for hydroxylation is 2. The van der Waals surface area contributed by atoms with Crippen LogP contribution in [0.25, 0.3) is 17.2 Å². The molecule has 0 amide bonds. The number of ether oxygens (including phenoxy) is 1. The highest BCUT2D eigenvalue weighted by atomic mass is 35.5. The van der Waals surface area contributed by atoms with E-state index in [2.05, 4.69) is 29.1 Å². The van der Waals surface area contributed by atoms with E-state index in [9.17, 15) is 0 Å². The Morgan fingerprint density at radius 2 is 1.89 bits per heavy atom. The number of nitrogens with zero attached hydrogens (tertiary/aromatic N) is 3. The Bertz CT molecular complexity index is 1080. The Hall–Kier alpha value is -2.79. The van der Waals surface area contributed by atoms with Gasteiger partial charge in [0.25, 0.3) is 0 Å². The molecular weight excluding hydrogens is 374 g/mol. The highest BCUT2D eigenvalue weighted by Crippen LogP contribution is 2.27. The predicted molar refractivity (Wildman–Crippen MR) is 110 cm³/mol. The average molecular weight is 396 g/mol. The van der Waals surface area contributed by atoms with Gasteiger partial charge in [-0.15, -0.1) is 5.10 Å². The molecule has 0 radical (unpaired) electrons. The summed E-state index contributed by atoms with van der Waals surface area (Å²) in [7, 11) is 0. The fourth-order valence-electron chi connectivity index (χ4n) is 3.06. The minimum absolute atomic E-state index is 0.326. The second kappa shape index (κ2) is 8.07. The van der Waals surface area contributed by atoms with E-state index >= 15 is 0 Å². The molecule has 0 unspecified atom stereocenters. The molecule has 2 aromatic carbocycles. The lowest BCUT2D eigenvalue weighted by atomic mass is 10.1. The van der Waals surface area contributed by atoms with Gasteiger partial charge in [0.1, 0.15) is 12.4 Å². The number of rotatable bonds is 7. The van der Waals surface area contributed by atoms with Crippen molar-refractivity contribution in [3.05, 3.63) is 70.6 Å². The van der Waals surface area contributed by atoms with Crippen molar-refractivity contribution >= 4 is 17.4 Å². The highest BCUT2D eigenvalue weighted by molar-refractivity contribution is 6.33. The summed E-state index contributed by atoms with van der Waals surface area (Å²) in [6, 6.07) is 15.7. The second-order valence-corrected chi connectivity index (χ2v) is 7.16. The van der Waals surface area contributed by atoms with Crippen molar-refractivity contribution in [1.82, 2.24) is 14.6 Å². The lowest BCUT2D eigenvalue weighted by molar-refractivity contribution is 0.272. The zero-order chi connectivity index (χ0) is 19.5. The monoisotopic (exact) mass is 395 g/mol. The summed E-state index contributed by atoms with van der Waals surface area (Å²) < 4.78 is 13.4. The first kappa shape index (κ1) is 18.6. The summed E-state index contributed by atoms with van der Waals surface area (Å²) >= 11 is 6.24. The van der Waals surface area contributed by atoms with Gasteiger partial charge in [0.15, 0.2) is 11.6 Å². The highest BCUT2D eigenvalue weighted by Gasteiger charge is 2.17. The van der Waals surface area contributed by atoms with E-state index in [0.29, 0.717) is 29.1 Å². The van der Waals surface area contributed by atoms with Gasteiger partial charge in [-0.05, 0) is 49.6 Å². The number of halogens is 1. The number of aromatic nitrogens is 3. The van der Waals surface area contributed by atoms with E-state index in [1.807, 2.05) is 43.3 Å². The Morgan fingerprint density at radius 3 is 2.61 bits per heavy atom. The molecule has 4 rings (SSSR count). The SMILES string of the molecule is CCCCc1ccc(OCc2oc3nc(-c4ccccc4Cl)nn3c2C)cc1. The maximum atomic E-state index is 6.24. The molecule has 0 bridgehead atoms. The molecule has 0 saturated carbocycles. The molecule has 5 nitrogen and oxygen atoms in total. The van der Waals surface area contributed by atoms with Gasteiger partial charge in [-0.2, -0.15) is 9.50 Å². The average Bonchev–Trinajstić information content (AvgIpc) is 3.25. The van der Waals surface area contributed by atoms with E-state index in [-0.39, 0.29) is 0 Å². The van der Waals surface area contributed by atoms with Gasteiger partial charge in [0.05, 0.1) is 10.7 Å². The Kier molecular flexibility index (Phi) is 5.35. The molecule has 6 heteroatoms. The summed E-state index contributed by atoms with van der Waals surface area (Å²) in [4.78, 5) is 4.47. The van der Waals surface area contributed by atoms with Crippen molar-refractivity contribution in [1.29, 1.82) is 0 Å². The topological polar surface area (TPSA) is 52.6 Å². The summed E-state index contributed by atoms with van der Waals surface area (Å²) in [5.74, 6) is 2.50. The maximum Gasteiger partial charge on any atom is 0.325 e. The van der Waals surface area contributed by atoms with E-state index < -0.39 is 0 Å². The minimum Gasteiger partial charge on any atom is -0.486 e. The van der Waals surface area contributed by atoms with Crippen LogP contribution in [0.2, 0.25) is 5.02 Å². The fraction of sp³-hybridized carbons (Fsp3) is 0.273. The third-order valence-corrected chi connectivity index (χ3v) is 5.07. The third kappa shape index (κ3) is 3.76. The van der Waals surface area contributed by atoms with Crippen LogP contribution in [0.5, 0.6) is 5.75 Å². The van der Waals surface area contributed by atoms with Crippen molar-refractivity contribution in [3.63, 3.8) is 0 Å². The molecule has 0 aliphatic heterocycles. The predicted octanol–water partition coefficient (Wildman–Crippen LogP) is 5.87. The number of hydrogen-bond donors (Lipinski definition) is 0. The summed E-state index contributed by atoms with van der Waals surface area (Å²) in [5, 5.41) is 5.14. The first-order chi connectivity index (χ1) is 13.7. The summed E-state index contributed by atoms with van der Waals surface area (Å²) in [6.07, 6.45) is 3.50. The molecule has 28 heavy (non-hydrogen) atoms. The lowest BCUT2D eigenvalue weighted by Crippen LogP contribution is -1.98. The molecule has 4 aromatic rings. The van der Waals surface area contributed by atoms with Crippen LogP contribution in [0.15, 0.2) is 52.9 Å². The van der Waals surface area contributed by atoms with Crippen LogP contribution < -0.4 is 4.74 Å². The molecule has 2 aromatic heterocycles. The molecule has 2 heterocycles. The van der Waals surface area contributed by atoms with Gasteiger partial charge in [0.2, 0.25) is 0 Å². The van der Waals surface area contributed by atoms with Gasteiger partial charge in [-0.25, -0.2) is 0 Å². The quantitative estimate of drug-likeness (QED) is 0.392. The van der Waals surface area contributed by atoms with Crippen LogP contribution in [0.3, 0.4) is 0 Å². The molecule has 0 aliphatic rings. The first-order valence-corrected chi connectivity index (χ1v) is 9.85. The van der Waals surface area contributed by atoms with Crippen molar-refractivity contribution in [2.45, 2.75) is 39.7 Å². The normalized spacial score (nSPS) is 11.2. The lowest BCUT2D eigenvalue weighted by Gasteiger charge is -2.06. The van der Waals surface area contributed by atoms with Crippen molar-refractivity contribution in [3.8, 4) is 17.1 Å². The van der Waals surface area contributed by atoms with E-state index in [1.54, 1.807) is 4.52 Å². The van der Waals surface area contributed by atoms with Gasteiger partial charge in [-0.1, -0.05) is 49.2 Å². The van der Waals surface area contributed by atoms with E-state index in [0.717, 1.165) is 23.4 Å². The van der Waals surface area contributed by atoms with Crippen LogP contribution in [0.1, 0.15) is 36.8 Å². The van der Waals surface area contributed by atoms with Crippen LogP contribution >= 0.6 is 11.6 Å². The smallest absolute Gasteiger partial charge is 0.325 e. The van der Waals surface area contributed by atoms with Crippen molar-refractivity contribution < 1.29 is 9.15 Å². The van der Waals surface area contributed by atoms with Crippen molar-refractivity contribution in [2.75, 3.05) is 0 Å². The van der Waals surface area contributed by atoms with Gasteiger partial charge in [-0.3, -0.25) is 0 Å². The van der Waals surface area contributed by atoms with E-state index in [4.69, 9.17) is 20.8 Å². The number of unbranched alkanes of at least 4 members (excludes halogenated alkanes) is 1. The molecule has 0 saturated heterocycles. The number of fused-ring (bicyclic) bond motifs is 1. The Labute approximate surface area is 168 Å². The summed E-state index contributed by atoms with van der Waals surface area (Å²) in [6.45, 7) is 4.47. The zero-order valence-electron chi connectivity index (χ0n) is 16.0. The summed E-state index contributed by atoms with van der Waals surface area (Å²) in [5.41, 5.74) is 2.97. The first-order valence-electron chi connectivity index (χ1n) is 9.47. The zero-order valence-corrected chi connectivity index (χ0v) is 16.7. The fourth-order valence-corrected chi connectivity index (χ4v) is 3.28. The van der Waals surface area contributed by atoms with E-state index in [1.165, 1.54) is 18.4 Å². The molecular formula is C22H22ClN3O2. The number of benzene rings is 2. The van der Waals surface area contributed by atoms with Crippen LogP contribution in [-0.4, -0.2) is 14.6 Å². The molecule has 0 spiro atoms. The van der Waals surface area contributed by atoms with Crippen LogP contribution in [-0.2, 0) is 13.0 Å². The van der Waals surface area contributed by atoms with Crippen LogP contribution in [0.4, 0.5) is 0 Å². The molecule has 0 N–H and O–H groups in total. The number of hydrogen-bond acceptors (Lipinski definition) is 4. The van der Waals surface area contributed by atoms with Gasteiger partial charge in [0, 0.05) is 5.56 Å². The molecule has 144 valence electrons. The Morgan fingerprint density at radius 1 is 1.11 bits per heavy atom. The maximum absolute atomic E-state index is 6.24. The largest absolute Gasteiger partial charge is 0.486 e. The third-order valence-electron chi connectivity index (χ3n) is 4.74. The Balaban J connectivity index is 1.48. The van der Waals surface area contributed by atoms with Gasteiger partial charge >= 0.3 is 5.84 Å². The second-order valence-electron chi connectivity index (χ2n) is 6.76. The van der Waals surface area contributed by atoms with Crippen LogP contribution in [0, 0.1) is 6.92 Å². The standard InChI is InChI=1S/C22H22ClN3O2/c1-3-4-7-16-10-12-17(13-11-16)27-14-20-15(2)26-22(28-20)24-21(25-26)18-8-5-6-9-19(18)23/h5-6,8-13H,3-4,7,14H2,1-2H3. The molecule has 0 aliphatic carbocycles. The van der Waals surface area contributed by atoms with Gasteiger partial charge < -0.3 is 9.15 Å². The molecule has 0 fully saturated rings. The molecule has 0 atom stereocenters. The van der Waals surface area contributed by atoms with Crippen molar-refractivity contribution in [2.24, 2.45) is 0 Å². The minimum atomic E-state index is 0.326. The number of oxazole rings is 1.